The lowest BCUT2D eigenvalue weighted by Crippen LogP contribution is -2.32. The molecule has 5 nitrogen and oxygen atoms in total. The molecule has 0 aliphatic heterocycles. The van der Waals surface area contributed by atoms with E-state index in [2.05, 4.69) is 0 Å². The fraction of sp³-hybridized carbons (Fsp3) is 0.923. The molecule has 0 aromatic rings. The van der Waals surface area contributed by atoms with E-state index < -0.39 is 5.60 Å². The highest BCUT2D eigenvalue weighted by Gasteiger charge is 2.24. The van der Waals surface area contributed by atoms with Crippen LogP contribution in [0.15, 0.2) is 0 Å². The molecule has 0 aliphatic rings. The molecule has 0 saturated carbocycles. The number of aliphatic hydroxyl groups is 1. The summed E-state index contributed by atoms with van der Waals surface area (Å²) in [6, 6.07) is 0. The van der Waals surface area contributed by atoms with Crippen LogP contribution in [0.4, 0.5) is 0 Å². The second kappa shape index (κ2) is 7.71. The summed E-state index contributed by atoms with van der Waals surface area (Å²) >= 11 is 0. The molecule has 0 unspecified atom stereocenters. The topological polar surface area (TPSA) is 65.0 Å². The summed E-state index contributed by atoms with van der Waals surface area (Å²) in [6.07, 6.45) is 1.33. The third-order valence-electron chi connectivity index (χ3n) is 2.56. The van der Waals surface area contributed by atoms with Gasteiger partial charge in [0, 0.05) is 13.3 Å². The van der Waals surface area contributed by atoms with Crippen molar-refractivity contribution in [3.8, 4) is 0 Å². The number of rotatable bonds is 9. The van der Waals surface area contributed by atoms with Crippen LogP contribution in [0.5, 0.6) is 0 Å². The fourth-order valence-electron chi connectivity index (χ4n) is 1.47. The monoisotopic (exact) mass is 262 g/mol. The zero-order chi connectivity index (χ0) is 14.2. The molecule has 0 bridgehead atoms. The molecule has 0 amide bonds. The highest BCUT2D eigenvalue weighted by atomic mass is 16.6. The molecule has 0 aromatic heterocycles. The Balaban J connectivity index is 3.90. The summed E-state index contributed by atoms with van der Waals surface area (Å²) in [5, 5.41) is 8.52. The van der Waals surface area contributed by atoms with Gasteiger partial charge in [-0.2, -0.15) is 0 Å². The number of ether oxygens (including phenoxy) is 3. The van der Waals surface area contributed by atoms with Gasteiger partial charge in [-0.15, -0.1) is 0 Å². The zero-order valence-corrected chi connectivity index (χ0v) is 12.1. The number of carbonyl (C=O) groups is 1. The summed E-state index contributed by atoms with van der Waals surface area (Å²) in [5.41, 5.74) is -0.828. The average Bonchev–Trinajstić information content (AvgIpc) is 2.14. The molecule has 0 spiro atoms. The molecular formula is C13H26O5. The maximum Gasteiger partial charge on any atom is 0.303 e. The van der Waals surface area contributed by atoms with Crippen LogP contribution in [0, 0.1) is 0 Å². The van der Waals surface area contributed by atoms with Gasteiger partial charge < -0.3 is 19.3 Å². The van der Waals surface area contributed by atoms with E-state index in [1.165, 1.54) is 6.92 Å². The van der Waals surface area contributed by atoms with Crippen LogP contribution in [0.1, 0.15) is 47.5 Å². The fourth-order valence-corrected chi connectivity index (χ4v) is 1.47. The summed E-state index contributed by atoms with van der Waals surface area (Å²) in [7, 11) is 0. The lowest BCUT2D eigenvalue weighted by molar-refractivity contribution is -0.156. The van der Waals surface area contributed by atoms with Gasteiger partial charge in [-0.05, 0) is 34.1 Å². The predicted octanol–water partition coefficient (Wildman–Crippen LogP) is 1.87. The number of hydrogen-bond acceptors (Lipinski definition) is 5. The molecule has 108 valence electrons. The first-order valence-corrected chi connectivity index (χ1v) is 6.21. The Morgan fingerprint density at radius 3 is 2.11 bits per heavy atom. The lowest BCUT2D eigenvalue weighted by Gasteiger charge is -2.29. The summed E-state index contributed by atoms with van der Waals surface area (Å²) in [6.45, 7) is 9.75. The van der Waals surface area contributed by atoms with E-state index in [0.717, 1.165) is 0 Å². The largest absolute Gasteiger partial charge is 0.460 e. The molecule has 5 heteroatoms. The van der Waals surface area contributed by atoms with Gasteiger partial charge in [0.25, 0.3) is 0 Å². The van der Waals surface area contributed by atoms with Crippen molar-refractivity contribution in [1.29, 1.82) is 0 Å². The van der Waals surface area contributed by atoms with Crippen LogP contribution in [0.25, 0.3) is 0 Å². The second-order valence-corrected chi connectivity index (χ2v) is 5.50. The van der Waals surface area contributed by atoms with E-state index >= 15 is 0 Å². The van der Waals surface area contributed by atoms with Gasteiger partial charge in [0.05, 0.1) is 18.8 Å². The molecule has 0 aliphatic carbocycles. The van der Waals surface area contributed by atoms with Crippen LogP contribution in [0.2, 0.25) is 0 Å². The van der Waals surface area contributed by atoms with Gasteiger partial charge in [0.15, 0.2) is 0 Å². The quantitative estimate of drug-likeness (QED) is 0.390. The number of esters is 1. The Morgan fingerprint density at radius 2 is 1.61 bits per heavy atom. The summed E-state index contributed by atoms with van der Waals surface area (Å²) in [5.74, 6) is -0.282. The zero-order valence-electron chi connectivity index (χ0n) is 12.1. The molecule has 1 N–H and O–H groups in total. The average molecular weight is 262 g/mol. The Labute approximate surface area is 109 Å². The first kappa shape index (κ1) is 17.4. The molecule has 0 saturated heterocycles. The molecule has 0 fully saturated rings. The third kappa shape index (κ3) is 9.39. The van der Waals surface area contributed by atoms with Crippen molar-refractivity contribution in [1.82, 2.24) is 0 Å². The van der Waals surface area contributed by atoms with E-state index in [0.29, 0.717) is 26.1 Å². The smallest absolute Gasteiger partial charge is 0.303 e. The van der Waals surface area contributed by atoms with Crippen molar-refractivity contribution in [2.24, 2.45) is 0 Å². The van der Waals surface area contributed by atoms with E-state index in [9.17, 15) is 4.79 Å². The molecule has 0 rings (SSSR count). The van der Waals surface area contributed by atoms with Crippen LogP contribution in [-0.2, 0) is 19.0 Å². The molecular weight excluding hydrogens is 236 g/mol. The van der Waals surface area contributed by atoms with Crippen molar-refractivity contribution < 1.29 is 24.1 Å². The highest BCUT2D eigenvalue weighted by Crippen LogP contribution is 2.19. The molecule has 0 heterocycles. The Morgan fingerprint density at radius 1 is 1.06 bits per heavy atom. The van der Waals surface area contributed by atoms with Crippen molar-refractivity contribution in [3.05, 3.63) is 0 Å². The van der Waals surface area contributed by atoms with Crippen molar-refractivity contribution >= 4 is 5.97 Å². The first-order chi connectivity index (χ1) is 8.18. The Bertz CT molecular complexity index is 248. The van der Waals surface area contributed by atoms with Gasteiger partial charge in [-0.25, -0.2) is 0 Å². The third-order valence-corrected chi connectivity index (χ3v) is 2.56. The predicted molar refractivity (Wildman–Crippen MR) is 68.1 cm³/mol. The van der Waals surface area contributed by atoms with Crippen molar-refractivity contribution in [2.45, 2.75) is 58.7 Å². The molecule has 0 aromatic carbocycles. The number of aliphatic hydroxyl groups excluding tert-OH is 1. The SMILES string of the molecule is CC(=O)OC(C)(C)CCOC(C)(C)CCOCO. The van der Waals surface area contributed by atoms with Gasteiger partial charge in [0.2, 0.25) is 0 Å². The number of hydrogen-bond donors (Lipinski definition) is 1. The molecule has 18 heavy (non-hydrogen) atoms. The van der Waals surface area contributed by atoms with Crippen molar-refractivity contribution in [3.63, 3.8) is 0 Å². The van der Waals surface area contributed by atoms with E-state index in [-0.39, 0.29) is 18.4 Å². The van der Waals surface area contributed by atoms with E-state index in [1.54, 1.807) is 0 Å². The van der Waals surface area contributed by atoms with E-state index in [1.807, 2.05) is 27.7 Å². The van der Waals surface area contributed by atoms with Crippen LogP contribution in [0.3, 0.4) is 0 Å². The first-order valence-electron chi connectivity index (χ1n) is 6.21. The van der Waals surface area contributed by atoms with Crippen LogP contribution in [-0.4, -0.2) is 42.3 Å². The van der Waals surface area contributed by atoms with Crippen LogP contribution >= 0.6 is 0 Å². The minimum Gasteiger partial charge on any atom is -0.460 e. The maximum absolute atomic E-state index is 10.9. The van der Waals surface area contributed by atoms with Gasteiger partial charge in [-0.1, -0.05) is 0 Å². The van der Waals surface area contributed by atoms with E-state index in [4.69, 9.17) is 19.3 Å². The summed E-state index contributed by atoms with van der Waals surface area (Å²) < 4.78 is 15.8. The van der Waals surface area contributed by atoms with Gasteiger partial charge in [-0.3, -0.25) is 4.79 Å². The lowest BCUT2D eigenvalue weighted by atomic mass is 10.0. The van der Waals surface area contributed by atoms with Gasteiger partial charge in [0.1, 0.15) is 12.4 Å². The normalized spacial score (nSPS) is 12.6. The maximum atomic E-state index is 10.9. The standard InChI is InChI=1S/C13H26O5/c1-11(15)18-13(4,5)7-9-17-12(2,3)6-8-16-10-14/h14H,6-10H2,1-5H3. The Hall–Kier alpha value is -0.650. The minimum atomic E-state index is -0.510. The Kier molecular flexibility index (Phi) is 7.43. The highest BCUT2D eigenvalue weighted by molar-refractivity contribution is 5.66. The summed E-state index contributed by atoms with van der Waals surface area (Å²) in [4.78, 5) is 10.9. The molecule has 0 radical (unpaired) electrons. The minimum absolute atomic E-state index is 0.268. The van der Waals surface area contributed by atoms with Crippen molar-refractivity contribution in [2.75, 3.05) is 20.0 Å². The van der Waals surface area contributed by atoms with Crippen LogP contribution < -0.4 is 0 Å². The van der Waals surface area contributed by atoms with Gasteiger partial charge >= 0.3 is 5.97 Å². The molecule has 0 atom stereocenters. The second-order valence-electron chi connectivity index (χ2n) is 5.50. The number of carbonyl (C=O) groups excluding carboxylic acids is 1.